The first kappa shape index (κ1) is 16.6. The van der Waals surface area contributed by atoms with E-state index in [0.29, 0.717) is 23.1 Å². The molecule has 0 spiro atoms. The highest BCUT2D eigenvalue weighted by molar-refractivity contribution is 5.60. The maximum absolute atomic E-state index is 12.2. The highest BCUT2D eigenvalue weighted by Gasteiger charge is 2.31. The zero-order valence-corrected chi connectivity index (χ0v) is 13.1. The van der Waals surface area contributed by atoms with Crippen LogP contribution in [-0.2, 0) is 0 Å². The van der Waals surface area contributed by atoms with Crippen LogP contribution < -0.4 is 15.8 Å². The molecule has 0 atom stereocenters. The normalized spacial score (nSPS) is 11.4. The van der Waals surface area contributed by atoms with Gasteiger partial charge in [-0.3, -0.25) is 0 Å². The van der Waals surface area contributed by atoms with Crippen molar-refractivity contribution in [3.8, 4) is 22.8 Å². The molecule has 0 saturated heterocycles. The average molecular weight is 349 g/mol. The first-order valence-electron chi connectivity index (χ1n) is 7.22. The fourth-order valence-corrected chi connectivity index (χ4v) is 2.20. The first-order chi connectivity index (χ1) is 11.9. The van der Waals surface area contributed by atoms with Gasteiger partial charge in [0.25, 0.3) is 0 Å². The van der Waals surface area contributed by atoms with E-state index in [4.69, 9.17) is 5.73 Å². The van der Waals surface area contributed by atoms with Crippen molar-refractivity contribution in [3.05, 3.63) is 48.5 Å². The summed E-state index contributed by atoms with van der Waals surface area (Å²) in [5.41, 5.74) is 7.59. The number of aromatic nitrogens is 3. The molecule has 0 amide bonds. The molecule has 130 valence electrons. The van der Waals surface area contributed by atoms with E-state index < -0.39 is 6.36 Å². The van der Waals surface area contributed by atoms with Crippen LogP contribution in [0, 0.1) is 0 Å². The molecule has 3 aromatic rings. The van der Waals surface area contributed by atoms with Crippen molar-refractivity contribution in [1.29, 1.82) is 0 Å². The van der Waals surface area contributed by atoms with Gasteiger partial charge in [-0.15, -0.1) is 18.3 Å². The van der Waals surface area contributed by atoms with Crippen LogP contribution in [0.2, 0.25) is 0 Å². The van der Waals surface area contributed by atoms with Gasteiger partial charge in [0, 0.05) is 18.3 Å². The molecule has 6 nitrogen and oxygen atoms in total. The number of nitrogen functional groups attached to an aromatic ring is 1. The van der Waals surface area contributed by atoms with Crippen LogP contribution in [0.3, 0.4) is 0 Å². The summed E-state index contributed by atoms with van der Waals surface area (Å²) >= 11 is 0. The summed E-state index contributed by atoms with van der Waals surface area (Å²) in [6.07, 6.45) is -4.73. The van der Waals surface area contributed by atoms with Crippen LogP contribution in [0.4, 0.5) is 24.8 Å². The third-order valence-electron chi connectivity index (χ3n) is 3.31. The summed E-state index contributed by atoms with van der Waals surface area (Å²) in [6.45, 7) is 0. The standard InChI is InChI=1S/C16H14F3N5O/c1-21-15-22-14(10-2-4-11(20)5-3-10)23-24(15)12-6-8-13(9-7-12)25-16(17,18)19/h2-9H,20H2,1H3,(H,21,22,23). The lowest BCUT2D eigenvalue weighted by Gasteiger charge is -2.10. The Hall–Kier alpha value is -3.23. The van der Waals surface area contributed by atoms with Crippen molar-refractivity contribution < 1.29 is 17.9 Å². The van der Waals surface area contributed by atoms with Gasteiger partial charge in [0.2, 0.25) is 5.95 Å². The van der Waals surface area contributed by atoms with Crippen LogP contribution in [0.25, 0.3) is 17.1 Å². The summed E-state index contributed by atoms with van der Waals surface area (Å²) in [5.74, 6) is 0.595. The van der Waals surface area contributed by atoms with E-state index in [-0.39, 0.29) is 5.75 Å². The highest BCUT2D eigenvalue weighted by atomic mass is 19.4. The molecule has 0 fully saturated rings. The highest BCUT2D eigenvalue weighted by Crippen LogP contribution is 2.26. The number of hydrogen-bond acceptors (Lipinski definition) is 5. The lowest BCUT2D eigenvalue weighted by molar-refractivity contribution is -0.274. The van der Waals surface area contributed by atoms with E-state index in [0.717, 1.165) is 5.56 Å². The van der Waals surface area contributed by atoms with E-state index in [9.17, 15) is 13.2 Å². The molecule has 25 heavy (non-hydrogen) atoms. The molecule has 0 bridgehead atoms. The number of alkyl halides is 3. The van der Waals surface area contributed by atoms with Gasteiger partial charge in [0.1, 0.15) is 5.75 Å². The van der Waals surface area contributed by atoms with Gasteiger partial charge in [0.15, 0.2) is 5.82 Å². The average Bonchev–Trinajstić information content (AvgIpc) is 2.99. The van der Waals surface area contributed by atoms with Crippen molar-refractivity contribution in [2.75, 3.05) is 18.1 Å². The molecule has 0 aliphatic rings. The molecule has 0 saturated carbocycles. The Morgan fingerprint density at radius 2 is 1.68 bits per heavy atom. The van der Waals surface area contributed by atoms with Gasteiger partial charge in [-0.05, 0) is 48.5 Å². The van der Waals surface area contributed by atoms with E-state index in [1.54, 1.807) is 31.3 Å². The number of benzene rings is 2. The Kier molecular flexibility index (Phi) is 4.22. The molecule has 9 heteroatoms. The zero-order chi connectivity index (χ0) is 18.0. The van der Waals surface area contributed by atoms with Crippen LogP contribution in [0.15, 0.2) is 48.5 Å². The Balaban J connectivity index is 1.93. The van der Waals surface area contributed by atoms with Crippen LogP contribution in [-0.4, -0.2) is 28.2 Å². The number of halogens is 3. The minimum atomic E-state index is -4.73. The molecular weight excluding hydrogens is 335 g/mol. The number of nitrogens with one attached hydrogen (secondary N) is 1. The third kappa shape index (κ3) is 3.82. The van der Waals surface area contributed by atoms with E-state index in [2.05, 4.69) is 20.1 Å². The Bertz CT molecular complexity index is 857. The number of nitrogens with two attached hydrogens (primary N) is 1. The second-order valence-corrected chi connectivity index (χ2v) is 5.08. The van der Waals surface area contributed by atoms with Gasteiger partial charge in [-0.2, -0.15) is 9.67 Å². The van der Waals surface area contributed by atoms with Crippen molar-refractivity contribution in [3.63, 3.8) is 0 Å². The number of rotatable bonds is 4. The van der Waals surface area contributed by atoms with Crippen molar-refractivity contribution in [2.24, 2.45) is 0 Å². The fourth-order valence-electron chi connectivity index (χ4n) is 2.20. The SMILES string of the molecule is CNc1nc(-c2ccc(N)cc2)nn1-c1ccc(OC(F)(F)F)cc1. The van der Waals surface area contributed by atoms with Crippen LogP contribution >= 0.6 is 0 Å². The maximum Gasteiger partial charge on any atom is 0.573 e. The second kappa shape index (κ2) is 6.34. The summed E-state index contributed by atoms with van der Waals surface area (Å²) < 4.78 is 42.1. The minimum absolute atomic E-state index is 0.305. The van der Waals surface area contributed by atoms with Gasteiger partial charge in [-0.25, -0.2) is 0 Å². The van der Waals surface area contributed by atoms with Crippen molar-refractivity contribution in [2.45, 2.75) is 6.36 Å². The topological polar surface area (TPSA) is 78.0 Å². The third-order valence-corrected chi connectivity index (χ3v) is 3.31. The van der Waals surface area contributed by atoms with Gasteiger partial charge < -0.3 is 15.8 Å². The largest absolute Gasteiger partial charge is 0.573 e. The Morgan fingerprint density at radius 1 is 1.04 bits per heavy atom. The smallest absolute Gasteiger partial charge is 0.406 e. The summed E-state index contributed by atoms with van der Waals surface area (Å²) in [6, 6.07) is 12.4. The predicted molar refractivity (Wildman–Crippen MR) is 87.4 cm³/mol. The zero-order valence-electron chi connectivity index (χ0n) is 13.1. The number of anilines is 2. The van der Waals surface area contributed by atoms with Crippen molar-refractivity contribution in [1.82, 2.24) is 14.8 Å². The minimum Gasteiger partial charge on any atom is -0.406 e. The lowest BCUT2D eigenvalue weighted by Crippen LogP contribution is -2.17. The van der Waals surface area contributed by atoms with E-state index in [1.807, 2.05) is 0 Å². The van der Waals surface area contributed by atoms with Gasteiger partial charge in [0.05, 0.1) is 5.69 Å². The fraction of sp³-hybridized carbons (Fsp3) is 0.125. The molecular formula is C16H14F3N5O. The molecule has 1 aromatic heterocycles. The first-order valence-corrected chi connectivity index (χ1v) is 7.22. The monoisotopic (exact) mass is 349 g/mol. The van der Waals surface area contributed by atoms with Crippen LogP contribution in [0.5, 0.6) is 5.75 Å². The molecule has 0 radical (unpaired) electrons. The maximum atomic E-state index is 12.2. The molecule has 1 heterocycles. The summed E-state index contributed by atoms with van der Waals surface area (Å²) in [7, 11) is 1.68. The summed E-state index contributed by atoms with van der Waals surface area (Å²) in [5, 5.41) is 7.30. The predicted octanol–water partition coefficient (Wildman–Crippen LogP) is 3.46. The Labute approximate surface area is 141 Å². The molecule has 0 unspecified atom stereocenters. The number of ether oxygens (including phenoxy) is 1. The number of nitrogens with zero attached hydrogens (tertiary/aromatic N) is 3. The molecule has 3 N–H and O–H groups in total. The summed E-state index contributed by atoms with van der Waals surface area (Å²) in [4.78, 5) is 4.38. The molecule has 0 aliphatic heterocycles. The molecule has 3 rings (SSSR count). The van der Waals surface area contributed by atoms with E-state index >= 15 is 0 Å². The molecule has 2 aromatic carbocycles. The van der Waals surface area contributed by atoms with Gasteiger partial charge >= 0.3 is 6.36 Å². The quantitative estimate of drug-likeness (QED) is 0.706. The van der Waals surface area contributed by atoms with Crippen LogP contribution in [0.1, 0.15) is 0 Å². The van der Waals surface area contributed by atoms with Crippen molar-refractivity contribution >= 4 is 11.6 Å². The van der Waals surface area contributed by atoms with E-state index in [1.165, 1.54) is 28.9 Å². The lowest BCUT2D eigenvalue weighted by atomic mass is 10.2. The van der Waals surface area contributed by atoms with Gasteiger partial charge in [-0.1, -0.05) is 0 Å². The second-order valence-electron chi connectivity index (χ2n) is 5.08. The molecule has 0 aliphatic carbocycles. The number of hydrogen-bond donors (Lipinski definition) is 2. The Morgan fingerprint density at radius 3 is 2.24 bits per heavy atom.